The largest absolute Gasteiger partial charge is 0.444 e. The zero-order valence-electron chi connectivity index (χ0n) is 24.2. The molecule has 6 unspecified atom stereocenters. The SMILES string of the molecule is CC(CO)N(C(=O)C(OC(=O)c1ccccc1)C(OC(=O)c1ccccc1)C(=O)N(C(C)CO)C(C)CO)C(C)CO. The highest BCUT2D eigenvalue weighted by atomic mass is 16.6. The third-order valence-electron chi connectivity index (χ3n) is 6.71. The van der Waals surface area contributed by atoms with Gasteiger partial charge in [0.15, 0.2) is 0 Å². The van der Waals surface area contributed by atoms with Crippen molar-refractivity contribution in [2.45, 2.75) is 64.1 Å². The minimum absolute atomic E-state index is 0.0390. The van der Waals surface area contributed by atoms with E-state index in [1.165, 1.54) is 52.0 Å². The smallest absolute Gasteiger partial charge is 0.339 e. The lowest BCUT2D eigenvalue weighted by Crippen LogP contribution is -2.61. The van der Waals surface area contributed by atoms with Crippen LogP contribution in [-0.4, -0.2) is 117 Å². The molecule has 0 heterocycles. The van der Waals surface area contributed by atoms with E-state index in [1.54, 1.807) is 36.4 Å². The summed E-state index contributed by atoms with van der Waals surface area (Å²) < 4.78 is 11.2. The Morgan fingerprint density at radius 3 is 1.05 bits per heavy atom. The van der Waals surface area contributed by atoms with Gasteiger partial charge >= 0.3 is 11.9 Å². The Labute approximate surface area is 245 Å². The van der Waals surface area contributed by atoms with Crippen molar-refractivity contribution in [1.82, 2.24) is 9.80 Å². The second kappa shape index (κ2) is 16.6. The van der Waals surface area contributed by atoms with Crippen LogP contribution in [0.15, 0.2) is 60.7 Å². The van der Waals surface area contributed by atoms with Crippen LogP contribution in [0.4, 0.5) is 0 Å². The van der Waals surface area contributed by atoms with Crippen molar-refractivity contribution in [3.63, 3.8) is 0 Å². The predicted molar refractivity (Wildman–Crippen MR) is 151 cm³/mol. The number of ether oxygens (including phenoxy) is 2. The first kappa shape index (κ1) is 34.4. The summed E-state index contributed by atoms with van der Waals surface area (Å²) in [6, 6.07) is 11.7. The average molecular weight is 589 g/mol. The molecule has 6 atom stereocenters. The number of hydrogen-bond donors (Lipinski definition) is 4. The number of carbonyl (C=O) groups excluding carboxylic acids is 4. The quantitative estimate of drug-likeness (QED) is 0.216. The third kappa shape index (κ3) is 8.58. The molecule has 2 aromatic carbocycles. The molecule has 4 N–H and O–H groups in total. The maximum atomic E-state index is 14.1. The van der Waals surface area contributed by atoms with Gasteiger partial charge in [0, 0.05) is 0 Å². The molecule has 0 bridgehead atoms. The van der Waals surface area contributed by atoms with Crippen molar-refractivity contribution in [2.75, 3.05) is 26.4 Å². The molecular weight excluding hydrogens is 548 g/mol. The lowest BCUT2D eigenvalue weighted by molar-refractivity contribution is -0.166. The first-order valence-electron chi connectivity index (χ1n) is 13.6. The van der Waals surface area contributed by atoms with Crippen molar-refractivity contribution in [3.05, 3.63) is 71.8 Å². The van der Waals surface area contributed by atoms with E-state index in [1.807, 2.05) is 0 Å². The number of carbonyl (C=O) groups is 4. The number of hydrogen-bond acceptors (Lipinski definition) is 10. The van der Waals surface area contributed by atoms with E-state index >= 15 is 0 Å². The van der Waals surface area contributed by atoms with E-state index < -0.39 is 86.6 Å². The van der Waals surface area contributed by atoms with Crippen molar-refractivity contribution >= 4 is 23.8 Å². The zero-order valence-corrected chi connectivity index (χ0v) is 24.2. The summed E-state index contributed by atoms with van der Waals surface area (Å²) in [6.45, 7) is 3.81. The maximum Gasteiger partial charge on any atom is 0.339 e. The fourth-order valence-corrected chi connectivity index (χ4v) is 4.38. The highest BCUT2D eigenvalue weighted by Gasteiger charge is 2.47. The van der Waals surface area contributed by atoms with Crippen molar-refractivity contribution < 1.29 is 49.1 Å². The molecule has 0 radical (unpaired) electrons. The van der Waals surface area contributed by atoms with Crippen LogP contribution < -0.4 is 0 Å². The van der Waals surface area contributed by atoms with E-state index in [9.17, 15) is 39.6 Å². The minimum atomic E-state index is -2.08. The summed E-state index contributed by atoms with van der Waals surface area (Å²) in [6.07, 6.45) is -4.17. The molecular formula is C30H40N2O10. The summed E-state index contributed by atoms with van der Waals surface area (Å²) in [5.74, 6) is -4.05. The van der Waals surface area contributed by atoms with Gasteiger partial charge in [0.25, 0.3) is 11.8 Å². The van der Waals surface area contributed by atoms with Crippen LogP contribution in [-0.2, 0) is 19.1 Å². The lowest BCUT2D eigenvalue weighted by Gasteiger charge is -2.39. The molecule has 0 aromatic heterocycles. The predicted octanol–water partition coefficient (Wildman–Crippen LogP) is 0.618. The minimum Gasteiger partial charge on any atom is -0.444 e. The van der Waals surface area contributed by atoms with Gasteiger partial charge < -0.3 is 39.7 Å². The van der Waals surface area contributed by atoms with Crippen LogP contribution in [0.25, 0.3) is 0 Å². The number of esters is 2. The molecule has 0 saturated heterocycles. The molecule has 2 aromatic rings. The van der Waals surface area contributed by atoms with Gasteiger partial charge in [-0.2, -0.15) is 0 Å². The highest BCUT2D eigenvalue weighted by molar-refractivity contribution is 5.98. The number of rotatable bonds is 15. The maximum absolute atomic E-state index is 14.1. The number of aliphatic hydroxyl groups is 4. The molecule has 0 aliphatic heterocycles. The number of aliphatic hydroxyl groups excluding tert-OH is 4. The molecule has 2 amide bonds. The van der Waals surface area contributed by atoms with Crippen molar-refractivity contribution in [3.8, 4) is 0 Å². The van der Waals surface area contributed by atoms with Crippen LogP contribution in [0.5, 0.6) is 0 Å². The van der Waals surface area contributed by atoms with Crippen molar-refractivity contribution in [2.24, 2.45) is 0 Å². The molecule has 12 nitrogen and oxygen atoms in total. The van der Waals surface area contributed by atoms with Crippen LogP contribution in [0, 0.1) is 0 Å². The topological polar surface area (TPSA) is 174 Å². The summed E-state index contributed by atoms with van der Waals surface area (Å²) in [5.41, 5.74) is 0.0781. The van der Waals surface area contributed by atoms with Gasteiger partial charge in [0.2, 0.25) is 12.2 Å². The molecule has 0 fully saturated rings. The summed E-state index contributed by atoms with van der Waals surface area (Å²) in [5, 5.41) is 39.5. The van der Waals surface area contributed by atoms with Gasteiger partial charge in [-0.25, -0.2) is 9.59 Å². The fraction of sp³-hybridized carbons (Fsp3) is 0.467. The van der Waals surface area contributed by atoms with Crippen molar-refractivity contribution in [1.29, 1.82) is 0 Å². The van der Waals surface area contributed by atoms with E-state index in [2.05, 4.69) is 0 Å². The van der Waals surface area contributed by atoms with E-state index in [4.69, 9.17) is 9.47 Å². The fourth-order valence-electron chi connectivity index (χ4n) is 4.38. The molecule has 0 saturated carbocycles. The van der Waals surface area contributed by atoms with Gasteiger partial charge in [0.05, 0.1) is 61.7 Å². The Bertz CT molecular complexity index is 1050. The molecule has 0 spiro atoms. The van der Waals surface area contributed by atoms with Gasteiger partial charge in [0.1, 0.15) is 0 Å². The summed E-state index contributed by atoms with van der Waals surface area (Å²) in [7, 11) is 0. The second-order valence-corrected chi connectivity index (χ2v) is 10.0. The lowest BCUT2D eigenvalue weighted by atomic mass is 10.0. The van der Waals surface area contributed by atoms with Crippen LogP contribution in [0.1, 0.15) is 48.4 Å². The Hall–Kier alpha value is -3.84. The normalized spacial score (nSPS) is 15.3. The Morgan fingerprint density at radius 2 is 0.810 bits per heavy atom. The first-order chi connectivity index (χ1) is 20.0. The molecule has 230 valence electrons. The standard InChI is InChI=1S/C30H40N2O10/c1-19(15-33)31(20(2)16-34)27(37)25(41-29(39)23-11-7-5-8-12-23)26(42-30(40)24-13-9-6-10-14-24)28(38)32(21(3)17-35)22(4)18-36/h5-14,19-22,25-26,33-36H,15-18H2,1-4H3. The summed E-state index contributed by atoms with van der Waals surface area (Å²) >= 11 is 0. The van der Waals surface area contributed by atoms with Gasteiger partial charge in [-0.15, -0.1) is 0 Å². The number of nitrogens with zero attached hydrogens (tertiary/aromatic N) is 2. The molecule has 0 aliphatic carbocycles. The first-order valence-corrected chi connectivity index (χ1v) is 13.6. The monoisotopic (exact) mass is 588 g/mol. The van der Waals surface area contributed by atoms with Gasteiger partial charge in [-0.3, -0.25) is 9.59 Å². The number of amides is 2. The van der Waals surface area contributed by atoms with Gasteiger partial charge in [-0.1, -0.05) is 36.4 Å². The molecule has 2 rings (SSSR count). The van der Waals surface area contributed by atoms with Gasteiger partial charge in [-0.05, 0) is 52.0 Å². The second-order valence-electron chi connectivity index (χ2n) is 10.0. The summed E-state index contributed by atoms with van der Waals surface area (Å²) in [4.78, 5) is 56.9. The van der Waals surface area contributed by atoms with Crippen LogP contribution in [0.2, 0.25) is 0 Å². The third-order valence-corrected chi connectivity index (χ3v) is 6.71. The van der Waals surface area contributed by atoms with Crippen LogP contribution in [0.3, 0.4) is 0 Å². The van der Waals surface area contributed by atoms with E-state index in [0.29, 0.717) is 0 Å². The van der Waals surface area contributed by atoms with Crippen LogP contribution >= 0.6 is 0 Å². The highest BCUT2D eigenvalue weighted by Crippen LogP contribution is 2.22. The molecule has 0 aliphatic rings. The average Bonchev–Trinajstić information content (AvgIpc) is 3.02. The number of benzene rings is 2. The Kier molecular flexibility index (Phi) is 13.6. The Morgan fingerprint density at radius 1 is 0.548 bits per heavy atom. The van der Waals surface area contributed by atoms with E-state index in [-0.39, 0.29) is 11.1 Å². The van der Waals surface area contributed by atoms with E-state index in [0.717, 1.165) is 9.80 Å². The molecule has 42 heavy (non-hydrogen) atoms. The molecule has 12 heteroatoms. The Balaban J connectivity index is 2.74. The zero-order chi connectivity index (χ0) is 31.4.